The Morgan fingerprint density at radius 1 is 1.69 bits per heavy atom. The minimum Gasteiger partial charge on any atom is -0.393 e. The molecule has 2 nitrogen and oxygen atoms in total. The first kappa shape index (κ1) is 10.7. The Labute approximate surface area is 80.6 Å². The van der Waals surface area contributed by atoms with Gasteiger partial charge in [-0.3, -0.25) is 0 Å². The lowest BCUT2D eigenvalue weighted by Crippen LogP contribution is -2.26. The molecule has 2 heteroatoms. The second-order valence-corrected chi connectivity index (χ2v) is 3.82. The minimum absolute atomic E-state index is 0.183. The van der Waals surface area contributed by atoms with Gasteiger partial charge in [-0.1, -0.05) is 6.08 Å². The van der Waals surface area contributed by atoms with Crippen molar-refractivity contribution in [3.05, 3.63) is 12.7 Å². The third-order valence-electron chi connectivity index (χ3n) is 2.84. The summed E-state index contributed by atoms with van der Waals surface area (Å²) in [7, 11) is 0. The van der Waals surface area contributed by atoms with E-state index in [0.717, 1.165) is 32.3 Å². The van der Waals surface area contributed by atoms with Crippen LogP contribution in [0.3, 0.4) is 0 Å². The summed E-state index contributed by atoms with van der Waals surface area (Å²) in [5, 5.41) is 9.83. The van der Waals surface area contributed by atoms with Gasteiger partial charge >= 0.3 is 0 Å². The van der Waals surface area contributed by atoms with Crippen LogP contribution in [0.4, 0.5) is 0 Å². The number of unbranched alkanes of at least 4 members (excludes halogenated alkanes) is 1. The summed E-state index contributed by atoms with van der Waals surface area (Å²) in [6.45, 7) is 6.52. The molecule has 1 N–H and O–H groups in total. The molecule has 1 fully saturated rings. The van der Waals surface area contributed by atoms with Gasteiger partial charge in [0, 0.05) is 12.5 Å². The van der Waals surface area contributed by atoms with Crippen LogP contribution in [0.15, 0.2) is 12.7 Å². The van der Waals surface area contributed by atoms with Gasteiger partial charge in [-0.15, -0.1) is 6.58 Å². The van der Waals surface area contributed by atoms with Gasteiger partial charge < -0.3 is 9.84 Å². The summed E-state index contributed by atoms with van der Waals surface area (Å²) in [4.78, 5) is 0. The Kier molecular flexibility index (Phi) is 4.46. The Morgan fingerprint density at radius 2 is 2.46 bits per heavy atom. The average Bonchev–Trinajstić information content (AvgIpc) is 2.52. The first-order chi connectivity index (χ1) is 6.25. The summed E-state index contributed by atoms with van der Waals surface area (Å²) in [6.07, 6.45) is 5.88. The molecule has 13 heavy (non-hydrogen) atoms. The molecule has 1 saturated heterocycles. The number of hydrogen-bond donors (Lipinski definition) is 1. The molecule has 76 valence electrons. The molecule has 0 aromatic carbocycles. The van der Waals surface area contributed by atoms with Crippen LogP contribution in [0.1, 0.15) is 32.6 Å². The minimum atomic E-state index is -0.183. The van der Waals surface area contributed by atoms with Crippen LogP contribution < -0.4 is 0 Å². The van der Waals surface area contributed by atoms with E-state index in [1.807, 2.05) is 13.0 Å². The highest BCUT2D eigenvalue weighted by Crippen LogP contribution is 2.26. The van der Waals surface area contributed by atoms with Crippen molar-refractivity contribution in [1.29, 1.82) is 0 Å². The van der Waals surface area contributed by atoms with Crippen molar-refractivity contribution >= 4 is 0 Å². The molecule has 0 aliphatic carbocycles. The van der Waals surface area contributed by atoms with Crippen molar-refractivity contribution in [2.75, 3.05) is 6.61 Å². The molecule has 1 heterocycles. The van der Waals surface area contributed by atoms with Crippen LogP contribution in [-0.2, 0) is 4.74 Å². The molecule has 0 aromatic heterocycles. The van der Waals surface area contributed by atoms with Crippen molar-refractivity contribution in [2.24, 2.45) is 5.92 Å². The highest BCUT2D eigenvalue weighted by molar-refractivity contribution is 4.79. The summed E-state index contributed by atoms with van der Waals surface area (Å²) in [5.74, 6) is 0.352. The number of ether oxygens (including phenoxy) is 1. The molecule has 0 amide bonds. The predicted octanol–water partition coefficient (Wildman–Crippen LogP) is 2.13. The molecule has 0 radical (unpaired) electrons. The van der Waals surface area contributed by atoms with E-state index in [-0.39, 0.29) is 12.2 Å². The van der Waals surface area contributed by atoms with Crippen molar-refractivity contribution in [3.8, 4) is 0 Å². The third kappa shape index (κ3) is 3.12. The Hall–Kier alpha value is -0.340. The van der Waals surface area contributed by atoms with Crippen LogP contribution in [-0.4, -0.2) is 23.9 Å². The quantitative estimate of drug-likeness (QED) is 0.524. The fourth-order valence-electron chi connectivity index (χ4n) is 1.94. The molecule has 0 bridgehead atoms. The van der Waals surface area contributed by atoms with Gasteiger partial charge in [0.2, 0.25) is 0 Å². The number of hydrogen-bond acceptors (Lipinski definition) is 2. The summed E-state index contributed by atoms with van der Waals surface area (Å²) in [5.41, 5.74) is 0. The maximum Gasteiger partial charge on any atom is 0.0600 e. The zero-order chi connectivity index (χ0) is 9.68. The third-order valence-corrected chi connectivity index (χ3v) is 2.84. The first-order valence-corrected chi connectivity index (χ1v) is 5.16. The van der Waals surface area contributed by atoms with E-state index in [1.165, 1.54) is 0 Å². The van der Waals surface area contributed by atoms with Crippen molar-refractivity contribution in [3.63, 3.8) is 0 Å². The highest BCUT2D eigenvalue weighted by atomic mass is 16.5. The van der Waals surface area contributed by atoms with Crippen LogP contribution in [0.25, 0.3) is 0 Å². The van der Waals surface area contributed by atoms with Crippen LogP contribution in [0, 0.1) is 5.92 Å². The molecule has 0 spiro atoms. The Morgan fingerprint density at radius 3 is 3.00 bits per heavy atom. The normalized spacial score (nSPS) is 30.3. The molecule has 1 rings (SSSR count). The predicted molar refractivity (Wildman–Crippen MR) is 53.6 cm³/mol. The summed E-state index contributed by atoms with van der Waals surface area (Å²) in [6, 6.07) is 0. The average molecular weight is 184 g/mol. The highest BCUT2D eigenvalue weighted by Gasteiger charge is 2.29. The second-order valence-electron chi connectivity index (χ2n) is 3.82. The van der Waals surface area contributed by atoms with Gasteiger partial charge in [0.1, 0.15) is 0 Å². The van der Waals surface area contributed by atoms with Gasteiger partial charge in [0.25, 0.3) is 0 Å². The number of aliphatic hydroxyl groups is 1. The van der Waals surface area contributed by atoms with E-state index in [4.69, 9.17) is 4.74 Å². The topological polar surface area (TPSA) is 29.5 Å². The molecular formula is C11H20O2. The van der Waals surface area contributed by atoms with Gasteiger partial charge in [-0.05, 0) is 32.6 Å². The Bertz CT molecular complexity index is 156. The zero-order valence-electron chi connectivity index (χ0n) is 8.41. The molecular weight excluding hydrogens is 164 g/mol. The molecule has 0 aromatic rings. The van der Waals surface area contributed by atoms with Gasteiger partial charge in [-0.2, -0.15) is 0 Å². The van der Waals surface area contributed by atoms with Crippen LogP contribution in [0.5, 0.6) is 0 Å². The SMILES string of the molecule is C=CCCCC(O)C1CCOC1C. The smallest absolute Gasteiger partial charge is 0.0600 e. The molecule has 3 atom stereocenters. The van der Waals surface area contributed by atoms with Gasteiger partial charge in [0.15, 0.2) is 0 Å². The van der Waals surface area contributed by atoms with E-state index in [2.05, 4.69) is 6.58 Å². The van der Waals surface area contributed by atoms with Crippen molar-refractivity contribution < 1.29 is 9.84 Å². The van der Waals surface area contributed by atoms with E-state index in [1.54, 1.807) is 0 Å². The molecule has 1 aliphatic rings. The largest absolute Gasteiger partial charge is 0.393 e. The monoisotopic (exact) mass is 184 g/mol. The standard InChI is InChI=1S/C11H20O2/c1-3-4-5-6-11(12)10-7-8-13-9(10)2/h3,9-12H,1,4-8H2,2H3. The van der Waals surface area contributed by atoms with E-state index < -0.39 is 0 Å². The number of rotatable bonds is 5. The Balaban J connectivity index is 2.21. The first-order valence-electron chi connectivity index (χ1n) is 5.16. The molecule has 3 unspecified atom stereocenters. The maximum absolute atomic E-state index is 9.83. The number of allylic oxidation sites excluding steroid dienone is 1. The van der Waals surface area contributed by atoms with E-state index in [9.17, 15) is 5.11 Å². The zero-order valence-corrected chi connectivity index (χ0v) is 8.41. The van der Waals surface area contributed by atoms with Gasteiger partial charge in [0.05, 0.1) is 12.2 Å². The summed E-state index contributed by atoms with van der Waals surface area (Å²) < 4.78 is 5.41. The van der Waals surface area contributed by atoms with E-state index in [0.29, 0.717) is 5.92 Å². The van der Waals surface area contributed by atoms with E-state index >= 15 is 0 Å². The van der Waals surface area contributed by atoms with Crippen LogP contribution in [0.2, 0.25) is 0 Å². The van der Waals surface area contributed by atoms with Crippen LogP contribution >= 0.6 is 0 Å². The lowest BCUT2D eigenvalue weighted by atomic mass is 9.92. The van der Waals surface area contributed by atoms with Gasteiger partial charge in [-0.25, -0.2) is 0 Å². The summed E-state index contributed by atoms with van der Waals surface area (Å²) >= 11 is 0. The molecule has 0 saturated carbocycles. The maximum atomic E-state index is 9.83. The van der Waals surface area contributed by atoms with Crippen molar-refractivity contribution in [1.82, 2.24) is 0 Å². The second kappa shape index (κ2) is 5.40. The lowest BCUT2D eigenvalue weighted by molar-refractivity contribution is 0.0388. The molecule has 1 aliphatic heterocycles. The fourth-order valence-corrected chi connectivity index (χ4v) is 1.94. The number of aliphatic hydroxyl groups excluding tert-OH is 1. The fraction of sp³-hybridized carbons (Fsp3) is 0.818. The van der Waals surface area contributed by atoms with Crippen molar-refractivity contribution in [2.45, 2.75) is 44.8 Å². The lowest BCUT2D eigenvalue weighted by Gasteiger charge is -2.20.